The second-order valence-corrected chi connectivity index (χ2v) is 4.72. The Bertz CT molecular complexity index is 547. The molecule has 0 radical (unpaired) electrons. The second-order valence-electron chi connectivity index (χ2n) is 4.72. The molecule has 0 bridgehead atoms. The largest absolute Gasteiger partial charge is 0.340 e. The van der Waals surface area contributed by atoms with E-state index in [0.29, 0.717) is 6.42 Å². The summed E-state index contributed by atoms with van der Waals surface area (Å²) < 4.78 is 26.9. The maximum absolute atomic E-state index is 13.7. The van der Waals surface area contributed by atoms with E-state index in [1.807, 2.05) is 0 Å². The van der Waals surface area contributed by atoms with Gasteiger partial charge < -0.3 is 5.32 Å². The van der Waals surface area contributed by atoms with Crippen LogP contribution in [0.1, 0.15) is 20.3 Å². The van der Waals surface area contributed by atoms with Crippen LogP contribution in [0.3, 0.4) is 0 Å². The number of nitrogens with one attached hydrogen (secondary N) is 1. The number of piperazine rings is 1. The van der Waals surface area contributed by atoms with Crippen molar-refractivity contribution in [1.82, 2.24) is 5.32 Å². The number of halogens is 2. The molecule has 1 saturated heterocycles. The molecule has 2 rings (SSSR count). The third-order valence-corrected chi connectivity index (χ3v) is 3.34. The van der Waals surface area contributed by atoms with Crippen LogP contribution in [0.4, 0.5) is 14.5 Å². The number of carbonyl (C=O) groups is 2. The Morgan fingerprint density at radius 1 is 1.37 bits per heavy atom. The Hall–Kier alpha value is -1.98. The first kappa shape index (κ1) is 13.5. The Labute approximate surface area is 109 Å². The number of rotatable bonds is 2. The average Bonchev–Trinajstić information content (AvgIpc) is 2.37. The van der Waals surface area contributed by atoms with Crippen molar-refractivity contribution >= 4 is 17.5 Å². The number of benzene rings is 1. The lowest BCUT2D eigenvalue weighted by atomic mass is 9.94. The predicted octanol–water partition coefficient (Wildman–Crippen LogP) is 1.60. The van der Waals surface area contributed by atoms with Crippen molar-refractivity contribution in [3.8, 4) is 0 Å². The van der Waals surface area contributed by atoms with Crippen LogP contribution in [-0.4, -0.2) is 23.9 Å². The number of anilines is 1. The van der Waals surface area contributed by atoms with Crippen LogP contribution >= 0.6 is 0 Å². The van der Waals surface area contributed by atoms with Crippen molar-refractivity contribution in [2.24, 2.45) is 0 Å². The lowest BCUT2D eigenvalue weighted by molar-refractivity contribution is -0.135. The van der Waals surface area contributed by atoms with Crippen LogP contribution in [0.25, 0.3) is 0 Å². The molecule has 1 atom stereocenters. The van der Waals surface area contributed by atoms with Crippen molar-refractivity contribution in [2.45, 2.75) is 25.8 Å². The molecule has 1 aromatic rings. The van der Waals surface area contributed by atoms with Crippen LogP contribution in [0.15, 0.2) is 18.2 Å². The van der Waals surface area contributed by atoms with Gasteiger partial charge in [-0.25, -0.2) is 8.78 Å². The first-order valence-corrected chi connectivity index (χ1v) is 5.95. The second kappa shape index (κ2) is 4.60. The fourth-order valence-electron chi connectivity index (χ4n) is 2.04. The summed E-state index contributed by atoms with van der Waals surface area (Å²) in [5, 5.41) is 2.58. The monoisotopic (exact) mass is 268 g/mol. The summed E-state index contributed by atoms with van der Waals surface area (Å²) >= 11 is 0. The van der Waals surface area contributed by atoms with Gasteiger partial charge in [0, 0.05) is 6.07 Å². The molecule has 0 aromatic heterocycles. The quantitative estimate of drug-likeness (QED) is 0.885. The minimum atomic E-state index is -1.09. The van der Waals surface area contributed by atoms with Gasteiger partial charge in [0.1, 0.15) is 23.7 Å². The van der Waals surface area contributed by atoms with Gasteiger partial charge in [-0.3, -0.25) is 14.5 Å². The number of hydrogen-bond acceptors (Lipinski definition) is 2. The molecule has 1 aliphatic rings. The molecule has 1 aliphatic heterocycles. The Morgan fingerprint density at radius 3 is 2.68 bits per heavy atom. The molecule has 1 unspecified atom stereocenters. The normalized spacial score (nSPS) is 23.5. The third kappa shape index (κ3) is 2.30. The van der Waals surface area contributed by atoms with E-state index < -0.39 is 29.0 Å². The van der Waals surface area contributed by atoms with E-state index in [0.717, 1.165) is 23.1 Å². The van der Waals surface area contributed by atoms with Gasteiger partial charge in [0.25, 0.3) is 5.91 Å². The molecule has 0 spiro atoms. The van der Waals surface area contributed by atoms with Gasteiger partial charge in [-0.05, 0) is 25.5 Å². The predicted molar refractivity (Wildman–Crippen MR) is 65.5 cm³/mol. The first-order chi connectivity index (χ1) is 8.87. The summed E-state index contributed by atoms with van der Waals surface area (Å²) in [6.45, 7) is 3.00. The minimum absolute atomic E-state index is 0.209. The number of hydrogen-bond donors (Lipinski definition) is 1. The van der Waals surface area contributed by atoms with Crippen LogP contribution in [0, 0.1) is 11.6 Å². The van der Waals surface area contributed by atoms with Gasteiger partial charge in [-0.2, -0.15) is 0 Å². The molecule has 0 aliphatic carbocycles. The molecule has 2 amide bonds. The maximum Gasteiger partial charge on any atom is 0.253 e. The Kier molecular flexibility index (Phi) is 3.26. The zero-order chi connectivity index (χ0) is 14.2. The standard InChI is InChI=1S/C13H14F2N2O2/c1-3-13(2)12(19)17(7-11(18)16-13)10-6-8(14)4-5-9(10)15/h4-6H,3,7H2,1-2H3,(H,16,18). The van der Waals surface area contributed by atoms with Crippen molar-refractivity contribution in [3.05, 3.63) is 29.8 Å². The Balaban J connectivity index is 2.46. The van der Waals surface area contributed by atoms with E-state index in [1.54, 1.807) is 13.8 Å². The van der Waals surface area contributed by atoms with Crippen molar-refractivity contribution in [3.63, 3.8) is 0 Å². The SMILES string of the molecule is CCC1(C)NC(=O)CN(c2cc(F)ccc2F)C1=O. The highest BCUT2D eigenvalue weighted by Gasteiger charge is 2.42. The molecule has 1 fully saturated rings. The Morgan fingerprint density at radius 2 is 2.05 bits per heavy atom. The van der Waals surface area contributed by atoms with Crippen molar-refractivity contribution in [1.29, 1.82) is 0 Å². The van der Waals surface area contributed by atoms with E-state index in [-0.39, 0.29) is 12.2 Å². The lowest BCUT2D eigenvalue weighted by Gasteiger charge is -2.39. The van der Waals surface area contributed by atoms with Crippen LogP contribution in [0.2, 0.25) is 0 Å². The molecule has 1 N–H and O–H groups in total. The van der Waals surface area contributed by atoms with Gasteiger partial charge in [0.15, 0.2) is 0 Å². The maximum atomic E-state index is 13.7. The highest BCUT2D eigenvalue weighted by atomic mass is 19.1. The highest BCUT2D eigenvalue weighted by molar-refractivity contribution is 6.08. The molecule has 19 heavy (non-hydrogen) atoms. The number of nitrogens with zero attached hydrogens (tertiary/aromatic N) is 1. The van der Waals surface area contributed by atoms with E-state index in [9.17, 15) is 18.4 Å². The summed E-state index contributed by atoms with van der Waals surface area (Å²) in [6, 6.07) is 2.82. The average molecular weight is 268 g/mol. The molecule has 1 aromatic carbocycles. The molecule has 4 nitrogen and oxygen atoms in total. The fourth-order valence-corrected chi connectivity index (χ4v) is 2.04. The van der Waals surface area contributed by atoms with E-state index in [2.05, 4.69) is 5.32 Å². The van der Waals surface area contributed by atoms with Gasteiger partial charge >= 0.3 is 0 Å². The van der Waals surface area contributed by atoms with Gasteiger partial charge in [-0.15, -0.1) is 0 Å². The van der Waals surface area contributed by atoms with Gasteiger partial charge in [0.2, 0.25) is 5.91 Å². The van der Waals surface area contributed by atoms with E-state index in [4.69, 9.17) is 0 Å². The zero-order valence-electron chi connectivity index (χ0n) is 10.7. The lowest BCUT2D eigenvalue weighted by Crippen LogP contribution is -2.65. The van der Waals surface area contributed by atoms with Crippen LogP contribution in [0.5, 0.6) is 0 Å². The van der Waals surface area contributed by atoms with E-state index >= 15 is 0 Å². The zero-order valence-corrected chi connectivity index (χ0v) is 10.7. The first-order valence-electron chi connectivity index (χ1n) is 5.95. The van der Waals surface area contributed by atoms with Crippen LogP contribution < -0.4 is 10.2 Å². The van der Waals surface area contributed by atoms with Gasteiger partial charge in [0.05, 0.1) is 5.69 Å². The molecule has 6 heteroatoms. The summed E-state index contributed by atoms with van der Waals surface area (Å²) in [7, 11) is 0. The highest BCUT2D eigenvalue weighted by Crippen LogP contribution is 2.26. The number of carbonyl (C=O) groups excluding carboxylic acids is 2. The third-order valence-electron chi connectivity index (χ3n) is 3.34. The molecular weight excluding hydrogens is 254 g/mol. The smallest absolute Gasteiger partial charge is 0.253 e. The summed E-state index contributed by atoms with van der Waals surface area (Å²) in [6.07, 6.45) is 0.366. The van der Waals surface area contributed by atoms with Crippen LogP contribution in [-0.2, 0) is 9.59 Å². The molecular formula is C13H14F2N2O2. The molecule has 0 saturated carbocycles. The summed E-state index contributed by atoms with van der Waals surface area (Å²) in [5.74, 6) is -2.23. The summed E-state index contributed by atoms with van der Waals surface area (Å²) in [5.41, 5.74) is -1.30. The number of amides is 2. The summed E-state index contributed by atoms with van der Waals surface area (Å²) in [4.78, 5) is 24.9. The topological polar surface area (TPSA) is 49.4 Å². The van der Waals surface area contributed by atoms with Crippen molar-refractivity contribution < 1.29 is 18.4 Å². The van der Waals surface area contributed by atoms with E-state index in [1.165, 1.54) is 0 Å². The van der Waals surface area contributed by atoms with Gasteiger partial charge in [-0.1, -0.05) is 6.92 Å². The fraction of sp³-hybridized carbons (Fsp3) is 0.385. The van der Waals surface area contributed by atoms with Crippen molar-refractivity contribution in [2.75, 3.05) is 11.4 Å². The molecule has 102 valence electrons. The minimum Gasteiger partial charge on any atom is -0.340 e. The molecule has 1 heterocycles.